The van der Waals surface area contributed by atoms with E-state index in [1.165, 1.54) is 0 Å². The van der Waals surface area contributed by atoms with E-state index in [9.17, 15) is 4.79 Å². The van der Waals surface area contributed by atoms with Crippen molar-refractivity contribution in [2.24, 2.45) is 0 Å². The molecule has 0 aliphatic carbocycles. The Hall–Kier alpha value is -1.81. The summed E-state index contributed by atoms with van der Waals surface area (Å²) in [6, 6.07) is 7.67. The van der Waals surface area contributed by atoms with Gasteiger partial charge in [0.2, 0.25) is 0 Å². The zero-order chi connectivity index (χ0) is 13.7. The van der Waals surface area contributed by atoms with Gasteiger partial charge in [0.05, 0.1) is 0 Å². The first-order valence-corrected chi connectivity index (χ1v) is 6.70. The average Bonchev–Trinajstić information content (AvgIpc) is 2.84. The van der Waals surface area contributed by atoms with Crippen molar-refractivity contribution in [2.75, 3.05) is 19.6 Å². The lowest BCUT2D eigenvalue weighted by atomic mass is 10.2. The van der Waals surface area contributed by atoms with Gasteiger partial charge in [-0.15, -0.1) is 0 Å². The van der Waals surface area contributed by atoms with Crippen LogP contribution in [0.25, 0.3) is 11.0 Å². The Bertz CT molecular complexity index is 560. The summed E-state index contributed by atoms with van der Waals surface area (Å²) in [4.78, 5) is 11.9. The molecule has 1 amide bonds. The molecular formula is C15H20N2O2. The fourth-order valence-corrected chi connectivity index (χ4v) is 1.97. The molecule has 2 rings (SSSR count). The van der Waals surface area contributed by atoms with Gasteiger partial charge in [0.15, 0.2) is 5.76 Å². The number of para-hydroxylation sites is 1. The summed E-state index contributed by atoms with van der Waals surface area (Å²) in [7, 11) is 0. The van der Waals surface area contributed by atoms with Crippen LogP contribution in [0.5, 0.6) is 0 Å². The molecule has 0 atom stereocenters. The Labute approximate surface area is 113 Å². The number of rotatable bonds is 6. The Morgan fingerprint density at radius 3 is 2.84 bits per heavy atom. The maximum absolute atomic E-state index is 11.9. The third-order valence-corrected chi connectivity index (χ3v) is 2.98. The van der Waals surface area contributed by atoms with E-state index in [1.54, 1.807) is 6.07 Å². The van der Waals surface area contributed by atoms with Crippen molar-refractivity contribution < 1.29 is 9.21 Å². The largest absolute Gasteiger partial charge is 0.451 e. The topological polar surface area (TPSA) is 54.3 Å². The molecular weight excluding hydrogens is 240 g/mol. The van der Waals surface area contributed by atoms with E-state index in [0.29, 0.717) is 12.3 Å². The van der Waals surface area contributed by atoms with E-state index in [0.717, 1.165) is 36.0 Å². The van der Waals surface area contributed by atoms with Crippen molar-refractivity contribution in [1.29, 1.82) is 0 Å². The van der Waals surface area contributed by atoms with Crippen molar-refractivity contribution in [2.45, 2.75) is 20.3 Å². The normalized spacial score (nSPS) is 10.8. The van der Waals surface area contributed by atoms with Gasteiger partial charge < -0.3 is 15.1 Å². The zero-order valence-corrected chi connectivity index (χ0v) is 11.5. The van der Waals surface area contributed by atoms with Gasteiger partial charge in [-0.1, -0.05) is 25.1 Å². The fraction of sp³-hybridized carbons (Fsp3) is 0.400. The average molecular weight is 260 g/mol. The van der Waals surface area contributed by atoms with Crippen LogP contribution < -0.4 is 10.6 Å². The second-order valence-corrected chi connectivity index (χ2v) is 4.61. The molecule has 0 fully saturated rings. The number of carbonyl (C=O) groups excluding carboxylic acids is 1. The molecule has 0 saturated heterocycles. The molecule has 2 aromatic rings. The van der Waals surface area contributed by atoms with E-state index in [4.69, 9.17) is 4.42 Å². The van der Waals surface area contributed by atoms with Gasteiger partial charge in [0, 0.05) is 18.5 Å². The number of benzene rings is 1. The van der Waals surface area contributed by atoms with E-state index in [2.05, 4.69) is 17.6 Å². The summed E-state index contributed by atoms with van der Waals surface area (Å²) in [5.74, 6) is 0.216. The van der Waals surface area contributed by atoms with Gasteiger partial charge in [-0.3, -0.25) is 4.79 Å². The number of amides is 1. The first-order chi connectivity index (χ1) is 9.22. The highest BCUT2D eigenvalue weighted by Gasteiger charge is 2.12. The van der Waals surface area contributed by atoms with Gasteiger partial charge >= 0.3 is 0 Å². The molecule has 0 spiro atoms. The molecule has 4 heteroatoms. The Morgan fingerprint density at radius 1 is 1.26 bits per heavy atom. The van der Waals surface area contributed by atoms with Gasteiger partial charge in [-0.25, -0.2) is 0 Å². The fourth-order valence-electron chi connectivity index (χ4n) is 1.97. The third-order valence-electron chi connectivity index (χ3n) is 2.98. The van der Waals surface area contributed by atoms with E-state index in [-0.39, 0.29) is 5.91 Å². The molecule has 0 radical (unpaired) electrons. The van der Waals surface area contributed by atoms with Crippen molar-refractivity contribution in [1.82, 2.24) is 10.6 Å². The highest BCUT2D eigenvalue weighted by molar-refractivity contribution is 5.96. The Kier molecular flexibility index (Phi) is 4.58. The molecule has 0 aliphatic rings. The van der Waals surface area contributed by atoms with Crippen molar-refractivity contribution in [3.8, 4) is 0 Å². The van der Waals surface area contributed by atoms with Crippen LogP contribution in [0.2, 0.25) is 0 Å². The summed E-state index contributed by atoms with van der Waals surface area (Å²) in [6.45, 7) is 6.44. The van der Waals surface area contributed by atoms with Crippen molar-refractivity contribution >= 4 is 16.9 Å². The van der Waals surface area contributed by atoms with E-state index < -0.39 is 0 Å². The van der Waals surface area contributed by atoms with Crippen LogP contribution in [0, 0.1) is 6.92 Å². The lowest BCUT2D eigenvalue weighted by Crippen LogP contribution is -2.31. The van der Waals surface area contributed by atoms with Crippen molar-refractivity contribution in [3.63, 3.8) is 0 Å². The molecule has 2 N–H and O–H groups in total. The number of carbonyl (C=O) groups is 1. The lowest BCUT2D eigenvalue weighted by Gasteiger charge is -2.04. The van der Waals surface area contributed by atoms with Crippen LogP contribution >= 0.6 is 0 Å². The first-order valence-electron chi connectivity index (χ1n) is 6.70. The Balaban J connectivity index is 1.96. The summed E-state index contributed by atoms with van der Waals surface area (Å²) in [5.41, 5.74) is 1.83. The van der Waals surface area contributed by atoms with Gasteiger partial charge in [0.1, 0.15) is 5.58 Å². The summed E-state index contributed by atoms with van der Waals surface area (Å²) in [6.07, 6.45) is 1.09. The minimum absolute atomic E-state index is 0.158. The second-order valence-electron chi connectivity index (χ2n) is 4.61. The highest BCUT2D eigenvalue weighted by atomic mass is 16.3. The predicted molar refractivity (Wildman–Crippen MR) is 76.4 cm³/mol. The SMILES string of the molecule is CCCNCCNC(=O)c1cc2cccc(C)c2o1. The minimum atomic E-state index is -0.158. The molecule has 1 aromatic heterocycles. The van der Waals surface area contributed by atoms with Gasteiger partial charge in [0.25, 0.3) is 5.91 Å². The van der Waals surface area contributed by atoms with Crippen LogP contribution in [0.3, 0.4) is 0 Å². The highest BCUT2D eigenvalue weighted by Crippen LogP contribution is 2.22. The quantitative estimate of drug-likeness (QED) is 0.784. The molecule has 102 valence electrons. The molecule has 1 heterocycles. The van der Waals surface area contributed by atoms with Gasteiger partial charge in [-0.05, 0) is 31.5 Å². The number of hydrogen-bond acceptors (Lipinski definition) is 3. The van der Waals surface area contributed by atoms with Crippen LogP contribution in [0.15, 0.2) is 28.7 Å². The summed E-state index contributed by atoms with van der Waals surface area (Å²) >= 11 is 0. The van der Waals surface area contributed by atoms with Gasteiger partial charge in [-0.2, -0.15) is 0 Å². The third kappa shape index (κ3) is 3.35. The molecule has 0 bridgehead atoms. The predicted octanol–water partition coefficient (Wildman–Crippen LogP) is 2.47. The number of nitrogens with one attached hydrogen (secondary N) is 2. The van der Waals surface area contributed by atoms with E-state index >= 15 is 0 Å². The number of fused-ring (bicyclic) bond motifs is 1. The molecule has 0 saturated carbocycles. The van der Waals surface area contributed by atoms with Crippen LogP contribution in [-0.2, 0) is 0 Å². The van der Waals surface area contributed by atoms with Crippen molar-refractivity contribution in [3.05, 3.63) is 35.6 Å². The van der Waals surface area contributed by atoms with Crippen LogP contribution in [0.4, 0.5) is 0 Å². The number of aryl methyl sites for hydroxylation is 1. The first kappa shape index (κ1) is 13.6. The maximum atomic E-state index is 11.9. The lowest BCUT2D eigenvalue weighted by molar-refractivity contribution is 0.0928. The summed E-state index contributed by atoms with van der Waals surface area (Å²) < 4.78 is 5.61. The van der Waals surface area contributed by atoms with Crippen LogP contribution in [0.1, 0.15) is 29.5 Å². The van der Waals surface area contributed by atoms with Crippen LogP contribution in [-0.4, -0.2) is 25.5 Å². The monoisotopic (exact) mass is 260 g/mol. The standard InChI is InChI=1S/C15H20N2O2/c1-3-7-16-8-9-17-15(18)13-10-12-6-4-5-11(2)14(12)19-13/h4-6,10,16H,3,7-9H2,1-2H3,(H,17,18). The molecule has 4 nitrogen and oxygen atoms in total. The molecule has 0 aliphatic heterocycles. The maximum Gasteiger partial charge on any atom is 0.287 e. The molecule has 19 heavy (non-hydrogen) atoms. The van der Waals surface area contributed by atoms with E-state index in [1.807, 2.05) is 25.1 Å². The Morgan fingerprint density at radius 2 is 2.11 bits per heavy atom. The smallest absolute Gasteiger partial charge is 0.287 e. The minimum Gasteiger partial charge on any atom is -0.451 e. The zero-order valence-electron chi connectivity index (χ0n) is 11.5. The molecule has 0 unspecified atom stereocenters. The summed E-state index contributed by atoms with van der Waals surface area (Å²) in [5, 5.41) is 7.04. The number of hydrogen-bond donors (Lipinski definition) is 2. The molecule has 1 aromatic carbocycles. The second kappa shape index (κ2) is 6.38. The number of furan rings is 1.